The van der Waals surface area contributed by atoms with E-state index in [1.807, 2.05) is 12.1 Å². The monoisotopic (exact) mass is 205 g/mol. The number of pyridine rings is 1. The van der Waals surface area contributed by atoms with Gasteiger partial charge in [-0.25, -0.2) is 0 Å². The standard InChI is InChI=1S/C11H13N3O.H2/c1-8(2)9-3-4-10(14-7-9)11(15)13-6-5-12;/h3-4,7-8H,6H2,1-2H3,(H,13,15);1H. The second kappa shape index (κ2) is 5.11. The van der Waals surface area contributed by atoms with Gasteiger partial charge in [-0.3, -0.25) is 9.78 Å². The first kappa shape index (κ1) is 11.2. The number of aromatic nitrogens is 1. The third-order valence-electron chi connectivity index (χ3n) is 2.01. The van der Waals surface area contributed by atoms with E-state index in [4.69, 9.17) is 5.26 Å². The maximum atomic E-state index is 11.4. The summed E-state index contributed by atoms with van der Waals surface area (Å²) in [5.74, 6) is 0.0839. The lowest BCUT2D eigenvalue weighted by atomic mass is 10.1. The van der Waals surface area contributed by atoms with E-state index in [9.17, 15) is 4.79 Å². The van der Waals surface area contributed by atoms with Gasteiger partial charge in [-0.05, 0) is 17.5 Å². The van der Waals surface area contributed by atoms with Crippen molar-refractivity contribution in [2.24, 2.45) is 0 Å². The normalized spacial score (nSPS) is 9.73. The first-order chi connectivity index (χ1) is 7.15. The summed E-state index contributed by atoms with van der Waals surface area (Å²) in [6, 6.07) is 5.38. The fourth-order valence-corrected chi connectivity index (χ4v) is 1.09. The summed E-state index contributed by atoms with van der Waals surface area (Å²) in [6.07, 6.45) is 1.69. The van der Waals surface area contributed by atoms with Gasteiger partial charge in [0.2, 0.25) is 0 Å². The quantitative estimate of drug-likeness (QED) is 0.764. The second-order valence-electron chi connectivity index (χ2n) is 3.47. The van der Waals surface area contributed by atoms with E-state index in [2.05, 4.69) is 24.1 Å². The number of amides is 1. The fraction of sp³-hybridized carbons (Fsp3) is 0.364. The largest absolute Gasteiger partial charge is 0.338 e. The number of hydrogen-bond acceptors (Lipinski definition) is 3. The number of carbonyl (C=O) groups excluding carboxylic acids is 1. The topological polar surface area (TPSA) is 65.8 Å². The molecular weight excluding hydrogens is 190 g/mol. The SMILES string of the molecule is CC(C)c1ccc(C(=O)NCC#N)nc1.[HH]. The summed E-state index contributed by atoms with van der Waals surface area (Å²) in [6.45, 7) is 4.13. The van der Waals surface area contributed by atoms with Crippen LogP contribution < -0.4 is 5.32 Å². The molecule has 0 saturated carbocycles. The van der Waals surface area contributed by atoms with Crippen molar-refractivity contribution in [3.8, 4) is 6.07 Å². The van der Waals surface area contributed by atoms with E-state index < -0.39 is 0 Å². The van der Waals surface area contributed by atoms with Crippen molar-refractivity contribution in [2.75, 3.05) is 6.54 Å². The highest BCUT2D eigenvalue weighted by molar-refractivity contribution is 5.92. The minimum absolute atomic E-state index is 0. The molecule has 80 valence electrons. The van der Waals surface area contributed by atoms with Gasteiger partial charge < -0.3 is 5.32 Å². The molecule has 0 aromatic carbocycles. The van der Waals surface area contributed by atoms with Crippen LogP contribution in [0.5, 0.6) is 0 Å². The molecule has 15 heavy (non-hydrogen) atoms. The average Bonchev–Trinajstić information content (AvgIpc) is 2.26. The molecule has 0 aliphatic heterocycles. The lowest BCUT2D eigenvalue weighted by molar-refractivity contribution is 0.0953. The molecule has 1 aromatic heterocycles. The van der Waals surface area contributed by atoms with Crippen LogP contribution in [0.2, 0.25) is 0 Å². The van der Waals surface area contributed by atoms with E-state index in [0.29, 0.717) is 11.6 Å². The summed E-state index contributed by atoms with van der Waals surface area (Å²) in [5.41, 5.74) is 1.43. The van der Waals surface area contributed by atoms with Crippen molar-refractivity contribution in [3.63, 3.8) is 0 Å². The van der Waals surface area contributed by atoms with Crippen molar-refractivity contribution in [2.45, 2.75) is 19.8 Å². The molecule has 1 rings (SSSR count). The molecule has 1 amide bonds. The molecule has 0 atom stereocenters. The maximum Gasteiger partial charge on any atom is 0.270 e. The Hall–Kier alpha value is -1.89. The second-order valence-corrected chi connectivity index (χ2v) is 3.47. The first-order valence-corrected chi connectivity index (χ1v) is 4.76. The maximum absolute atomic E-state index is 11.4. The van der Waals surface area contributed by atoms with Gasteiger partial charge in [0.15, 0.2) is 0 Å². The molecule has 0 spiro atoms. The van der Waals surface area contributed by atoms with Gasteiger partial charge in [0.1, 0.15) is 12.2 Å². The Morgan fingerprint density at radius 1 is 1.67 bits per heavy atom. The zero-order valence-electron chi connectivity index (χ0n) is 8.82. The molecule has 0 saturated heterocycles. The zero-order chi connectivity index (χ0) is 11.3. The Morgan fingerprint density at radius 2 is 2.40 bits per heavy atom. The summed E-state index contributed by atoms with van der Waals surface area (Å²) in [7, 11) is 0. The third kappa shape index (κ3) is 3.06. The van der Waals surface area contributed by atoms with E-state index in [1.54, 1.807) is 12.3 Å². The molecular formula is C11H15N3O. The van der Waals surface area contributed by atoms with Gasteiger partial charge in [0.25, 0.3) is 5.91 Å². The van der Waals surface area contributed by atoms with Gasteiger partial charge in [0, 0.05) is 7.62 Å². The van der Waals surface area contributed by atoms with Gasteiger partial charge in [-0.15, -0.1) is 0 Å². The Balaban J connectivity index is 0.00000225. The number of nitriles is 1. The Labute approximate surface area is 90.4 Å². The highest BCUT2D eigenvalue weighted by atomic mass is 16.1. The van der Waals surface area contributed by atoms with E-state index >= 15 is 0 Å². The highest BCUT2D eigenvalue weighted by Crippen LogP contribution is 2.12. The lowest BCUT2D eigenvalue weighted by Gasteiger charge is -2.05. The van der Waals surface area contributed by atoms with Crippen molar-refractivity contribution in [3.05, 3.63) is 29.6 Å². The van der Waals surface area contributed by atoms with Crippen LogP contribution >= 0.6 is 0 Å². The van der Waals surface area contributed by atoms with E-state index in [1.165, 1.54) is 0 Å². The van der Waals surface area contributed by atoms with Crippen LogP contribution in [0.25, 0.3) is 0 Å². The number of rotatable bonds is 3. The zero-order valence-corrected chi connectivity index (χ0v) is 8.82. The summed E-state index contributed by atoms with van der Waals surface area (Å²) < 4.78 is 0. The number of nitrogens with one attached hydrogen (secondary N) is 1. The van der Waals surface area contributed by atoms with Crippen LogP contribution in [0.1, 0.15) is 37.2 Å². The summed E-state index contributed by atoms with van der Waals surface area (Å²) >= 11 is 0. The molecule has 1 N–H and O–H groups in total. The molecule has 1 aromatic rings. The molecule has 0 radical (unpaired) electrons. The van der Waals surface area contributed by atoms with Crippen LogP contribution in [-0.4, -0.2) is 17.4 Å². The molecule has 4 nitrogen and oxygen atoms in total. The molecule has 0 aliphatic rings. The average molecular weight is 205 g/mol. The first-order valence-electron chi connectivity index (χ1n) is 4.76. The Kier molecular flexibility index (Phi) is 3.81. The number of carbonyl (C=O) groups is 1. The number of hydrogen-bond donors (Lipinski definition) is 1. The van der Waals surface area contributed by atoms with Crippen LogP contribution in [0.15, 0.2) is 18.3 Å². The predicted molar refractivity (Wildman–Crippen MR) is 58.4 cm³/mol. The van der Waals surface area contributed by atoms with Gasteiger partial charge in [-0.1, -0.05) is 19.9 Å². The van der Waals surface area contributed by atoms with Crippen molar-refractivity contribution in [1.82, 2.24) is 10.3 Å². The number of nitrogens with zero attached hydrogens (tertiary/aromatic N) is 2. The molecule has 4 heteroatoms. The van der Waals surface area contributed by atoms with Gasteiger partial charge in [0.05, 0.1) is 6.07 Å². The van der Waals surface area contributed by atoms with Crippen LogP contribution in [0, 0.1) is 11.3 Å². The summed E-state index contributed by atoms with van der Waals surface area (Å²) in [4.78, 5) is 15.4. The summed E-state index contributed by atoms with van der Waals surface area (Å²) in [5, 5.41) is 10.7. The molecule has 0 unspecified atom stereocenters. The molecule has 1 heterocycles. The Morgan fingerprint density at radius 3 is 2.87 bits per heavy atom. The van der Waals surface area contributed by atoms with Crippen LogP contribution in [0.3, 0.4) is 0 Å². The fourth-order valence-electron chi connectivity index (χ4n) is 1.09. The van der Waals surface area contributed by atoms with E-state index in [0.717, 1.165) is 5.56 Å². The van der Waals surface area contributed by atoms with Crippen molar-refractivity contribution >= 4 is 5.91 Å². The molecule has 0 fully saturated rings. The smallest absolute Gasteiger partial charge is 0.270 e. The highest BCUT2D eigenvalue weighted by Gasteiger charge is 2.06. The lowest BCUT2D eigenvalue weighted by Crippen LogP contribution is -2.24. The predicted octanol–water partition coefficient (Wildman–Crippen LogP) is 1.70. The van der Waals surface area contributed by atoms with Crippen molar-refractivity contribution < 1.29 is 6.22 Å². The molecule has 0 aliphatic carbocycles. The minimum atomic E-state index is -0.313. The molecule has 0 bridgehead atoms. The minimum Gasteiger partial charge on any atom is -0.338 e. The third-order valence-corrected chi connectivity index (χ3v) is 2.01. The van der Waals surface area contributed by atoms with E-state index in [-0.39, 0.29) is 13.9 Å². The van der Waals surface area contributed by atoms with Gasteiger partial charge >= 0.3 is 0 Å². The van der Waals surface area contributed by atoms with Gasteiger partial charge in [-0.2, -0.15) is 5.26 Å². The van der Waals surface area contributed by atoms with Crippen molar-refractivity contribution in [1.29, 1.82) is 5.26 Å². The van der Waals surface area contributed by atoms with Crippen LogP contribution in [0.4, 0.5) is 0 Å². The Bertz CT molecular complexity index is 381. The van der Waals surface area contributed by atoms with Crippen LogP contribution in [-0.2, 0) is 0 Å².